The van der Waals surface area contributed by atoms with E-state index in [4.69, 9.17) is 11.6 Å². The van der Waals surface area contributed by atoms with Crippen molar-refractivity contribution in [3.05, 3.63) is 59.1 Å². The molecule has 158 valence electrons. The zero-order valence-corrected chi connectivity index (χ0v) is 17.9. The lowest BCUT2D eigenvalue weighted by molar-refractivity contribution is -0.140. The molecule has 1 fully saturated rings. The number of hydrogen-bond acceptors (Lipinski definition) is 4. The van der Waals surface area contributed by atoms with Gasteiger partial charge in [0.05, 0.1) is 10.3 Å². The first kappa shape index (κ1) is 20.8. The molecule has 0 aliphatic carbocycles. The van der Waals surface area contributed by atoms with Gasteiger partial charge in [-0.3, -0.25) is 9.69 Å². The van der Waals surface area contributed by atoms with Crippen LogP contribution in [0.15, 0.2) is 53.4 Å². The van der Waals surface area contributed by atoms with Crippen LogP contribution in [-0.4, -0.2) is 48.8 Å². The Bertz CT molecular complexity index is 1110. The minimum absolute atomic E-state index is 0.155. The van der Waals surface area contributed by atoms with Gasteiger partial charge in [0, 0.05) is 23.8 Å². The maximum atomic E-state index is 13.4. The Labute approximate surface area is 179 Å². The van der Waals surface area contributed by atoms with Gasteiger partial charge >= 0.3 is 5.97 Å². The maximum Gasteiger partial charge on any atom is 0.326 e. The third-order valence-electron chi connectivity index (χ3n) is 6.08. The van der Waals surface area contributed by atoms with Gasteiger partial charge in [0.1, 0.15) is 6.04 Å². The van der Waals surface area contributed by atoms with Crippen LogP contribution < -0.4 is 4.90 Å². The molecule has 2 aromatic rings. The van der Waals surface area contributed by atoms with Gasteiger partial charge < -0.3 is 5.11 Å². The van der Waals surface area contributed by atoms with Crippen molar-refractivity contribution in [2.24, 2.45) is 0 Å². The van der Waals surface area contributed by atoms with Crippen molar-refractivity contribution in [1.82, 2.24) is 4.31 Å². The predicted molar refractivity (Wildman–Crippen MR) is 112 cm³/mol. The number of sulfonamides is 1. The number of fused-ring (bicyclic) bond motifs is 2. The van der Waals surface area contributed by atoms with Crippen molar-refractivity contribution >= 4 is 39.2 Å². The molecule has 1 N–H and O–H groups in total. The highest BCUT2D eigenvalue weighted by molar-refractivity contribution is 7.89. The first-order valence-electron chi connectivity index (χ1n) is 9.60. The van der Waals surface area contributed by atoms with Gasteiger partial charge in [-0.1, -0.05) is 29.8 Å². The number of para-hydroxylation sites is 1. The molecule has 1 saturated heterocycles. The number of rotatable bonds is 4. The number of benzene rings is 2. The zero-order chi connectivity index (χ0) is 21.7. The Morgan fingerprint density at radius 3 is 2.30 bits per heavy atom. The fourth-order valence-corrected chi connectivity index (χ4v) is 5.95. The molecule has 2 aliphatic heterocycles. The molecule has 1 unspecified atom stereocenters. The van der Waals surface area contributed by atoms with Crippen LogP contribution in [-0.2, 0) is 25.0 Å². The number of carbonyl (C=O) groups is 2. The topological polar surface area (TPSA) is 95.0 Å². The third kappa shape index (κ3) is 3.10. The van der Waals surface area contributed by atoms with E-state index in [1.165, 1.54) is 40.4 Å². The molecule has 1 amide bonds. The molecule has 0 radical (unpaired) electrons. The number of piperidine rings is 1. The quantitative estimate of drug-likeness (QED) is 0.776. The smallest absolute Gasteiger partial charge is 0.326 e. The SMILES string of the molecule is CC(C(=O)O)N1C(=O)C2(CCN(S(=O)(=O)c3ccc(Cl)cc3)CC2)c2ccccc21. The van der Waals surface area contributed by atoms with Crippen molar-refractivity contribution in [1.29, 1.82) is 0 Å². The number of carboxylic acids is 1. The van der Waals surface area contributed by atoms with E-state index in [2.05, 4.69) is 0 Å². The van der Waals surface area contributed by atoms with Crippen LogP contribution in [0.3, 0.4) is 0 Å². The van der Waals surface area contributed by atoms with E-state index < -0.39 is 27.4 Å². The highest BCUT2D eigenvalue weighted by Crippen LogP contribution is 2.49. The van der Waals surface area contributed by atoms with Crippen LogP contribution >= 0.6 is 11.6 Å². The van der Waals surface area contributed by atoms with Gasteiger partial charge in [0.15, 0.2) is 0 Å². The summed E-state index contributed by atoms with van der Waals surface area (Å²) in [7, 11) is -3.71. The van der Waals surface area contributed by atoms with Crippen molar-refractivity contribution < 1.29 is 23.1 Å². The summed E-state index contributed by atoms with van der Waals surface area (Å²) in [6.45, 7) is 1.82. The molecule has 1 atom stereocenters. The second-order valence-electron chi connectivity index (χ2n) is 7.65. The molecule has 0 saturated carbocycles. The fourth-order valence-electron chi connectivity index (χ4n) is 4.39. The van der Waals surface area contributed by atoms with Gasteiger partial charge in [-0.15, -0.1) is 0 Å². The van der Waals surface area contributed by atoms with Gasteiger partial charge in [0.25, 0.3) is 0 Å². The lowest BCUT2D eigenvalue weighted by atomic mass is 9.74. The fraction of sp³-hybridized carbons (Fsp3) is 0.333. The summed E-state index contributed by atoms with van der Waals surface area (Å²) in [5.74, 6) is -1.36. The maximum absolute atomic E-state index is 13.4. The number of carboxylic acid groups (broad SMARTS) is 1. The summed E-state index contributed by atoms with van der Waals surface area (Å²) in [4.78, 5) is 26.5. The Morgan fingerprint density at radius 1 is 1.10 bits per heavy atom. The summed E-state index contributed by atoms with van der Waals surface area (Å²) < 4.78 is 27.4. The molecule has 2 aliphatic rings. The average Bonchev–Trinajstić information content (AvgIpc) is 2.96. The summed E-state index contributed by atoms with van der Waals surface area (Å²) in [6, 6.07) is 12.2. The minimum Gasteiger partial charge on any atom is -0.480 e. The standard InChI is InChI=1S/C21H21ClN2O5S/c1-14(19(25)26)24-18-5-3-2-4-17(18)21(20(24)27)10-12-23(13-11-21)30(28,29)16-8-6-15(22)7-9-16/h2-9,14H,10-13H2,1H3,(H,25,26). The molecule has 4 rings (SSSR count). The van der Waals surface area contributed by atoms with Crippen molar-refractivity contribution in [2.45, 2.75) is 36.1 Å². The highest BCUT2D eigenvalue weighted by Gasteiger charge is 2.54. The first-order chi connectivity index (χ1) is 14.2. The molecule has 30 heavy (non-hydrogen) atoms. The second-order valence-corrected chi connectivity index (χ2v) is 10.0. The Kier molecular flexibility index (Phi) is 5.12. The van der Waals surface area contributed by atoms with E-state index >= 15 is 0 Å². The molecular weight excluding hydrogens is 428 g/mol. The molecule has 2 aromatic carbocycles. The molecule has 7 nitrogen and oxygen atoms in total. The summed E-state index contributed by atoms with van der Waals surface area (Å²) >= 11 is 5.86. The van der Waals surface area contributed by atoms with Gasteiger partial charge in [-0.2, -0.15) is 4.31 Å². The number of anilines is 1. The van der Waals surface area contributed by atoms with Crippen LogP contribution in [0.2, 0.25) is 5.02 Å². The van der Waals surface area contributed by atoms with Gasteiger partial charge in [-0.05, 0) is 55.7 Å². The Balaban J connectivity index is 1.64. The molecule has 9 heteroatoms. The number of amides is 1. The normalized spacial score (nSPS) is 19.7. The number of halogens is 1. The second kappa shape index (κ2) is 7.37. The lowest BCUT2D eigenvalue weighted by Crippen LogP contribution is -2.52. The first-order valence-corrected chi connectivity index (χ1v) is 11.4. The summed E-state index contributed by atoms with van der Waals surface area (Å²) in [6.07, 6.45) is 0.580. The van der Waals surface area contributed by atoms with Gasteiger partial charge in [-0.25, -0.2) is 13.2 Å². The van der Waals surface area contributed by atoms with Crippen LogP contribution in [0.1, 0.15) is 25.3 Å². The number of nitrogens with zero attached hydrogens (tertiary/aromatic N) is 2. The molecule has 1 spiro atoms. The van der Waals surface area contributed by atoms with E-state index in [9.17, 15) is 23.1 Å². The number of aliphatic carboxylic acids is 1. The van der Waals surface area contributed by atoms with Crippen LogP contribution in [0.5, 0.6) is 0 Å². The molecule has 0 bridgehead atoms. The molecule has 0 aromatic heterocycles. The predicted octanol–water partition coefficient (Wildman–Crippen LogP) is 2.88. The van der Waals surface area contributed by atoms with Crippen LogP contribution in [0, 0.1) is 0 Å². The van der Waals surface area contributed by atoms with Crippen LogP contribution in [0.4, 0.5) is 5.69 Å². The Morgan fingerprint density at radius 2 is 1.70 bits per heavy atom. The van der Waals surface area contributed by atoms with E-state index in [1.807, 2.05) is 12.1 Å². The van der Waals surface area contributed by atoms with E-state index in [1.54, 1.807) is 12.1 Å². The van der Waals surface area contributed by atoms with Crippen molar-refractivity contribution in [2.75, 3.05) is 18.0 Å². The lowest BCUT2D eigenvalue weighted by Gasteiger charge is -2.38. The number of carbonyl (C=O) groups excluding carboxylic acids is 1. The summed E-state index contributed by atoms with van der Waals surface area (Å²) in [5.41, 5.74) is 0.449. The Hall–Kier alpha value is -2.42. The monoisotopic (exact) mass is 448 g/mol. The van der Waals surface area contributed by atoms with E-state index in [0.717, 1.165) is 5.56 Å². The zero-order valence-electron chi connectivity index (χ0n) is 16.3. The van der Waals surface area contributed by atoms with Gasteiger partial charge in [0.2, 0.25) is 15.9 Å². The van der Waals surface area contributed by atoms with E-state index in [-0.39, 0.29) is 23.9 Å². The van der Waals surface area contributed by atoms with E-state index in [0.29, 0.717) is 23.6 Å². The molecular formula is C21H21ClN2O5S. The summed E-state index contributed by atoms with van der Waals surface area (Å²) in [5, 5.41) is 9.93. The third-order valence-corrected chi connectivity index (χ3v) is 8.24. The van der Waals surface area contributed by atoms with Crippen molar-refractivity contribution in [3.63, 3.8) is 0 Å². The minimum atomic E-state index is -3.71. The number of hydrogen-bond donors (Lipinski definition) is 1. The van der Waals surface area contributed by atoms with Crippen LogP contribution in [0.25, 0.3) is 0 Å². The average molecular weight is 449 g/mol. The van der Waals surface area contributed by atoms with Crippen molar-refractivity contribution in [3.8, 4) is 0 Å². The molecule has 2 heterocycles. The largest absolute Gasteiger partial charge is 0.480 e. The highest BCUT2D eigenvalue weighted by atomic mass is 35.5.